The monoisotopic (exact) mass is 464 g/mol. The van der Waals surface area contributed by atoms with E-state index < -0.39 is 20.1 Å². The van der Waals surface area contributed by atoms with Gasteiger partial charge >= 0.3 is 10.1 Å². The van der Waals surface area contributed by atoms with Crippen LogP contribution in [-0.2, 0) is 33.2 Å². The van der Waals surface area contributed by atoms with Crippen molar-refractivity contribution in [2.45, 2.75) is 37.9 Å². The fourth-order valence-corrected chi connectivity index (χ4v) is 4.76. The van der Waals surface area contributed by atoms with Crippen LogP contribution in [-0.4, -0.2) is 37.6 Å². The molecular formula is C20H24N4O5S2. The fraction of sp³-hybridized carbons (Fsp3) is 0.300. The molecule has 0 bridgehead atoms. The average Bonchev–Trinajstić information content (AvgIpc) is 3.07. The van der Waals surface area contributed by atoms with Crippen molar-refractivity contribution in [3.05, 3.63) is 71.9 Å². The Kier molecular flexibility index (Phi) is 6.77. The first-order chi connectivity index (χ1) is 14.6. The summed E-state index contributed by atoms with van der Waals surface area (Å²) in [6.45, 7) is 3.61. The number of hydrogen-bond donors (Lipinski definition) is 1. The standard InChI is InChI=1S/C20H24N4O5S2/c1-15(2)19-20(31(27,28)29-17-7-5-4-6-8-17)24(14-16-9-11-21-12-10-16)18(23-19)13-22-30(3,25)26/h4-12,15,22H,13-14H2,1-3H3. The van der Waals surface area contributed by atoms with Crippen LogP contribution in [0.15, 0.2) is 59.9 Å². The highest BCUT2D eigenvalue weighted by Crippen LogP contribution is 2.28. The molecule has 0 fully saturated rings. The van der Waals surface area contributed by atoms with Gasteiger partial charge in [0.25, 0.3) is 0 Å². The predicted octanol–water partition coefficient (Wildman–Crippen LogP) is 2.27. The minimum atomic E-state index is -4.27. The summed E-state index contributed by atoms with van der Waals surface area (Å²) in [4.78, 5) is 8.46. The summed E-state index contributed by atoms with van der Waals surface area (Å²) >= 11 is 0. The Balaban J connectivity index is 2.15. The zero-order chi connectivity index (χ0) is 22.6. The number of rotatable bonds is 9. The Labute approximate surface area is 182 Å². The minimum absolute atomic E-state index is 0.103. The van der Waals surface area contributed by atoms with Crippen LogP contribution in [0.1, 0.15) is 36.8 Å². The first-order valence-electron chi connectivity index (χ1n) is 9.49. The van der Waals surface area contributed by atoms with Crippen LogP contribution in [0.4, 0.5) is 0 Å². The maximum absolute atomic E-state index is 13.3. The molecule has 3 aromatic rings. The van der Waals surface area contributed by atoms with E-state index in [2.05, 4.69) is 14.7 Å². The van der Waals surface area contributed by atoms with E-state index in [4.69, 9.17) is 4.18 Å². The molecule has 0 aliphatic rings. The molecule has 31 heavy (non-hydrogen) atoms. The number of nitrogens with one attached hydrogen (secondary N) is 1. The van der Waals surface area contributed by atoms with Gasteiger partial charge in [-0.25, -0.2) is 18.1 Å². The number of nitrogens with zero attached hydrogens (tertiary/aromatic N) is 3. The second-order valence-electron chi connectivity index (χ2n) is 7.26. The first kappa shape index (κ1) is 22.9. The lowest BCUT2D eigenvalue weighted by molar-refractivity contribution is 0.471. The number of pyridine rings is 1. The van der Waals surface area contributed by atoms with Gasteiger partial charge in [-0.15, -0.1) is 0 Å². The Bertz CT molecular complexity index is 1240. The topological polar surface area (TPSA) is 120 Å². The summed E-state index contributed by atoms with van der Waals surface area (Å²) in [5.41, 5.74) is 1.08. The SMILES string of the molecule is CC(C)c1nc(CNS(C)(=O)=O)n(Cc2ccncc2)c1S(=O)(=O)Oc1ccccc1. The maximum atomic E-state index is 13.3. The molecule has 1 aromatic carbocycles. The first-order valence-corrected chi connectivity index (χ1v) is 12.8. The van der Waals surface area contributed by atoms with E-state index in [-0.39, 0.29) is 35.6 Å². The second-order valence-corrected chi connectivity index (χ2v) is 10.6. The Morgan fingerprint density at radius 3 is 2.26 bits per heavy atom. The lowest BCUT2D eigenvalue weighted by atomic mass is 10.1. The van der Waals surface area contributed by atoms with Crippen molar-refractivity contribution in [3.63, 3.8) is 0 Å². The molecule has 0 radical (unpaired) electrons. The van der Waals surface area contributed by atoms with Crippen molar-refractivity contribution in [1.29, 1.82) is 0 Å². The minimum Gasteiger partial charge on any atom is -0.378 e. The van der Waals surface area contributed by atoms with Crippen molar-refractivity contribution in [2.75, 3.05) is 6.26 Å². The van der Waals surface area contributed by atoms with Crippen LogP contribution in [0.2, 0.25) is 0 Å². The normalized spacial score (nSPS) is 12.3. The number of imidazole rings is 1. The van der Waals surface area contributed by atoms with Gasteiger partial charge in [-0.1, -0.05) is 32.0 Å². The molecule has 9 nitrogen and oxygen atoms in total. The number of para-hydroxylation sites is 1. The van der Waals surface area contributed by atoms with Gasteiger partial charge in [-0.05, 0) is 35.7 Å². The zero-order valence-electron chi connectivity index (χ0n) is 17.4. The Morgan fingerprint density at radius 1 is 1.03 bits per heavy atom. The molecule has 0 amide bonds. The van der Waals surface area contributed by atoms with E-state index in [0.29, 0.717) is 5.69 Å². The summed E-state index contributed by atoms with van der Waals surface area (Å²) in [7, 11) is -7.78. The van der Waals surface area contributed by atoms with Gasteiger partial charge in [0.2, 0.25) is 10.0 Å². The van der Waals surface area contributed by atoms with Gasteiger partial charge in [0.1, 0.15) is 11.6 Å². The van der Waals surface area contributed by atoms with Crippen molar-refractivity contribution < 1.29 is 21.0 Å². The Morgan fingerprint density at radius 2 is 1.68 bits per heavy atom. The van der Waals surface area contributed by atoms with Crippen molar-refractivity contribution >= 4 is 20.1 Å². The average molecular weight is 465 g/mol. The van der Waals surface area contributed by atoms with E-state index in [0.717, 1.165) is 11.8 Å². The van der Waals surface area contributed by atoms with Gasteiger partial charge < -0.3 is 8.75 Å². The van der Waals surface area contributed by atoms with Crippen molar-refractivity contribution in [1.82, 2.24) is 19.3 Å². The predicted molar refractivity (Wildman–Crippen MR) is 116 cm³/mol. The molecule has 2 heterocycles. The Hall–Kier alpha value is -2.76. The number of hydrogen-bond acceptors (Lipinski definition) is 7. The molecule has 166 valence electrons. The number of benzene rings is 1. The molecule has 3 rings (SSSR count). The molecular weight excluding hydrogens is 440 g/mol. The second kappa shape index (κ2) is 9.16. The molecule has 0 aliphatic heterocycles. The van der Waals surface area contributed by atoms with Gasteiger partial charge in [0.15, 0.2) is 5.03 Å². The summed E-state index contributed by atoms with van der Waals surface area (Å²) in [5.74, 6) is 0.186. The number of sulfonamides is 1. The van der Waals surface area contributed by atoms with Crippen LogP contribution in [0, 0.1) is 0 Å². The quantitative estimate of drug-likeness (QED) is 0.482. The molecule has 0 saturated carbocycles. The third-order valence-corrected chi connectivity index (χ3v) is 6.32. The lowest BCUT2D eigenvalue weighted by Crippen LogP contribution is -2.25. The van der Waals surface area contributed by atoms with Crippen LogP contribution in [0.5, 0.6) is 5.75 Å². The molecule has 2 aromatic heterocycles. The number of aromatic nitrogens is 3. The summed E-state index contributed by atoms with van der Waals surface area (Å²) in [6.07, 6.45) is 4.22. The molecule has 0 aliphatic carbocycles. The van der Waals surface area contributed by atoms with E-state index in [1.54, 1.807) is 54.9 Å². The molecule has 0 spiro atoms. The van der Waals surface area contributed by atoms with Gasteiger partial charge in [0.05, 0.1) is 25.0 Å². The molecule has 1 N–H and O–H groups in total. The third-order valence-electron chi connectivity index (χ3n) is 4.34. The van der Waals surface area contributed by atoms with Crippen LogP contribution in [0.3, 0.4) is 0 Å². The largest absolute Gasteiger partial charge is 0.378 e. The fourth-order valence-electron chi connectivity index (χ4n) is 2.95. The summed E-state index contributed by atoms with van der Waals surface area (Å²) < 4.78 is 59.1. The van der Waals surface area contributed by atoms with Crippen molar-refractivity contribution in [2.24, 2.45) is 0 Å². The molecule has 11 heteroatoms. The van der Waals surface area contributed by atoms with E-state index in [1.165, 1.54) is 4.57 Å². The van der Waals surface area contributed by atoms with Gasteiger partial charge in [0, 0.05) is 12.4 Å². The van der Waals surface area contributed by atoms with E-state index in [1.807, 2.05) is 13.8 Å². The van der Waals surface area contributed by atoms with E-state index in [9.17, 15) is 16.8 Å². The van der Waals surface area contributed by atoms with Crippen LogP contribution < -0.4 is 8.91 Å². The van der Waals surface area contributed by atoms with Crippen LogP contribution in [0.25, 0.3) is 0 Å². The zero-order valence-corrected chi connectivity index (χ0v) is 19.0. The maximum Gasteiger partial charge on any atom is 0.357 e. The summed E-state index contributed by atoms with van der Waals surface area (Å²) in [6, 6.07) is 11.7. The van der Waals surface area contributed by atoms with Crippen LogP contribution >= 0.6 is 0 Å². The van der Waals surface area contributed by atoms with Gasteiger partial charge in [-0.2, -0.15) is 8.42 Å². The lowest BCUT2D eigenvalue weighted by Gasteiger charge is -2.14. The molecule has 0 saturated heterocycles. The highest BCUT2D eigenvalue weighted by molar-refractivity contribution is 7.88. The molecule has 0 unspecified atom stereocenters. The van der Waals surface area contributed by atoms with E-state index >= 15 is 0 Å². The van der Waals surface area contributed by atoms with Crippen molar-refractivity contribution in [3.8, 4) is 5.75 Å². The third kappa shape index (κ3) is 5.90. The highest BCUT2D eigenvalue weighted by Gasteiger charge is 2.31. The summed E-state index contributed by atoms with van der Waals surface area (Å²) in [5, 5.41) is -0.103. The molecule has 0 atom stereocenters. The van der Waals surface area contributed by atoms with Gasteiger partial charge in [-0.3, -0.25) is 4.98 Å². The highest BCUT2D eigenvalue weighted by atomic mass is 32.2. The smallest absolute Gasteiger partial charge is 0.357 e.